The van der Waals surface area contributed by atoms with Gasteiger partial charge in [-0.2, -0.15) is 13.2 Å². The van der Waals surface area contributed by atoms with Crippen molar-refractivity contribution in [3.05, 3.63) is 63.9 Å². The van der Waals surface area contributed by atoms with Crippen molar-refractivity contribution < 1.29 is 13.2 Å². The van der Waals surface area contributed by atoms with Crippen LogP contribution in [-0.2, 0) is 6.18 Å². The van der Waals surface area contributed by atoms with Crippen LogP contribution in [0.25, 0.3) is 0 Å². The fraction of sp³-hybridized carbons (Fsp3) is 0.200. The molecular formula is C15H10ClF3N2. The third kappa shape index (κ3) is 2.78. The highest BCUT2D eigenvalue weighted by Crippen LogP contribution is 2.39. The molecule has 108 valence electrons. The first kappa shape index (κ1) is 14.1. The molecule has 2 aromatic rings. The molecule has 3 rings (SSSR count). The maximum Gasteiger partial charge on any atom is 0.417 e. The zero-order chi connectivity index (χ0) is 15.2. The highest BCUT2D eigenvalue weighted by atomic mass is 35.5. The van der Waals surface area contributed by atoms with E-state index in [1.807, 2.05) is 31.2 Å². The van der Waals surface area contributed by atoms with Gasteiger partial charge in [0, 0.05) is 6.20 Å². The van der Waals surface area contributed by atoms with Crippen molar-refractivity contribution in [2.24, 2.45) is 4.99 Å². The first-order chi connectivity index (χ1) is 9.86. The molecular weight excluding hydrogens is 301 g/mol. The number of halogens is 4. The van der Waals surface area contributed by atoms with Gasteiger partial charge in [-0.15, -0.1) is 0 Å². The number of aryl methyl sites for hydroxylation is 1. The van der Waals surface area contributed by atoms with Gasteiger partial charge in [0.05, 0.1) is 22.0 Å². The van der Waals surface area contributed by atoms with E-state index >= 15 is 0 Å². The molecule has 0 amide bonds. The molecule has 0 fully saturated rings. The maximum atomic E-state index is 12.6. The molecule has 1 atom stereocenters. The molecule has 2 nitrogen and oxygen atoms in total. The fourth-order valence-electron chi connectivity index (χ4n) is 2.05. The SMILES string of the molecule is Cc1ccc(C2=NC2c2ncc(C(F)(F)F)cc2Cl)cc1. The first-order valence-electron chi connectivity index (χ1n) is 6.23. The lowest BCUT2D eigenvalue weighted by atomic mass is 10.1. The number of aromatic nitrogens is 1. The number of benzene rings is 1. The number of nitrogens with zero attached hydrogens (tertiary/aromatic N) is 2. The molecule has 0 N–H and O–H groups in total. The van der Waals surface area contributed by atoms with E-state index in [1.165, 1.54) is 0 Å². The lowest BCUT2D eigenvalue weighted by molar-refractivity contribution is -0.137. The summed E-state index contributed by atoms with van der Waals surface area (Å²) < 4.78 is 37.7. The minimum Gasteiger partial charge on any atom is -0.270 e. The summed E-state index contributed by atoms with van der Waals surface area (Å²) >= 11 is 5.91. The van der Waals surface area contributed by atoms with Gasteiger partial charge in [-0.25, -0.2) is 0 Å². The van der Waals surface area contributed by atoms with E-state index in [1.54, 1.807) is 0 Å². The van der Waals surface area contributed by atoms with E-state index in [4.69, 9.17) is 11.6 Å². The summed E-state index contributed by atoms with van der Waals surface area (Å²) in [5, 5.41) is -0.0133. The molecule has 1 aliphatic rings. The van der Waals surface area contributed by atoms with Crippen molar-refractivity contribution in [2.75, 3.05) is 0 Å². The largest absolute Gasteiger partial charge is 0.417 e. The summed E-state index contributed by atoms with van der Waals surface area (Å²) in [6.07, 6.45) is -3.65. The van der Waals surface area contributed by atoms with Crippen molar-refractivity contribution in [1.82, 2.24) is 4.98 Å². The van der Waals surface area contributed by atoms with Crippen molar-refractivity contribution in [3.8, 4) is 0 Å². The van der Waals surface area contributed by atoms with E-state index in [0.29, 0.717) is 5.69 Å². The van der Waals surface area contributed by atoms with Crippen molar-refractivity contribution in [1.29, 1.82) is 0 Å². The second-order valence-corrected chi connectivity index (χ2v) is 5.28. The van der Waals surface area contributed by atoms with Gasteiger partial charge in [0.2, 0.25) is 0 Å². The van der Waals surface area contributed by atoms with Gasteiger partial charge in [0.25, 0.3) is 0 Å². The van der Waals surface area contributed by atoms with Crippen LogP contribution in [0.2, 0.25) is 5.02 Å². The highest BCUT2D eigenvalue weighted by Gasteiger charge is 2.36. The Morgan fingerprint density at radius 3 is 2.38 bits per heavy atom. The Kier molecular flexibility index (Phi) is 3.24. The van der Waals surface area contributed by atoms with Gasteiger partial charge < -0.3 is 0 Å². The van der Waals surface area contributed by atoms with E-state index in [9.17, 15) is 13.2 Å². The molecule has 1 aromatic heterocycles. The van der Waals surface area contributed by atoms with Crippen LogP contribution < -0.4 is 0 Å². The molecule has 6 heteroatoms. The predicted molar refractivity (Wildman–Crippen MR) is 74.7 cm³/mol. The topological polar surface area (TPSA) is 25.2 Å². The Morgan fingerprint density at radius 1 is 1.14 bits per heavy atom. The molecule has 2 heterocycles. The quantitative estimate of drug-likeness (QED) is 0.795. The van der Waals surface area contributed by atoms with Crippen LogP contribution >= 0.6 is 11.6 Å². The molecule has 0 saturated heterocycles. The molecule has 0 spiro atoms. The van der Waals surface area contributed by atoms with Crippen molar-refractivity contribution >= 4 is 17.3 Å². The molecule has 0 radical (unpaired) electrons. The second-order valence-electron chi connectivity index (χ2n) is 4.87. The number of rotatable bonds is 2. The smallest absolute Gasteiger partial charge is 0.270 e. The zero-order valence-electron chi connectivity index (χ0n) is 10.9. The second kappa shape index (κ2) is 4.84. The summed E-state index contributed by atoms with van der Waals surface area (Å²) in [5.74, 6) is 0. The summed E-state index contributed by atoms with van der Waals surface area (Å²) in [6.45, 7) is 1.98. The monoisotopic (exact) mass is 310 g/mol. The summed E-state index contributed by atoms with van der Waals surface area (Å²) in [4.78, 5) is 8.10. The van der Waals surface area contributed by atoms with Gasteiger partial charge in [-0.3, -0.25) is 9.98 Å². The highest BCUT2D eigenvalue weighted by molar-refractivity contribution is 6.32. The number of aliphatic imine (C=N–C) groups is 1. The van der Waals surface area contributed by atoms with E-state index in [-0.39, 0.29) is 11.1 Å². The Bertz CT molecular complexity index is 721. The third-order valence-electron chi connectivity index (χ3n) is 3.26. The summed E-state index contributed by atoms with van der Waals surface area (Å²) in [6, 6.07) is 8.30. The molecule has 1 unspecified atom stereocenters. The molecule has 1 aliphatic heterocycles. The number of pyridine rings is 1. The Balaban J connectivity index is 1.83. The van der Waals surface area contributed by atoms with E-state index in [2.05, 4.69) is 9.98 Å². The van der Waals surface area contributed by atoms with Gasteiger partial charge in [-0.1, -0.05) is 41.4 Å². The molecule has 0 bridgehead atoms. The number of alkyl halides is 3. The molecule has 21 heavy (non-hydrogen) atoms. The molecule has 1 aromatic carbocycles. The van der Waals surface area contributed by atoms with Gasteiger partial charge in [0.1, 0.15) is 6.04 Å². The first-order valence-corrected chi connectivity index (χ1v) is 6.61. The average Bonchev–Trinajstić information content (AvgIpc) is 3.18. The van der Waals surface area contributed by atoms with Crippen LogP contribution in [0.1, 0.15) is 28.4 Å². The fourth-order valence-corrected chi connectivity index (χ4v) is 2.32. The molecule has 0 saturated carbocycles. The van der Waals surface area contributed by atoms with Crippen LogP contribution in [0, 0.1) is 6.92 Å². The van der Waals surface area contributed by atoms with Crippen molar-refractivity contribution in [3.63, 3.8) is 0 Å². The minimum atomic E-state index is -4.45. The van der Waals surface area contributed by atoms with Gasteiger partial charge in [0.15, 0.2) is 0 Å². The van der Waals surface area contributed by atoms with Crippen LogP contribution in [0.3, 0.4) is 0 Å². The summed E-state index contributed by atoms with van der Waals surface area (Å²) in [5.41, 5.74) is 2.36. The minimum absolute atomic E-state index is 0.0133. The van der Waals surface area contributed by atoms with Crippen LogP contribution in [0.15, 0.2) is 41.5 Å². The zero-order valence-corrected chi connectivity index (χ0v) is 11.7. The van der Waals surface area contributed by atoms with E-state index in [0.717, 1.165) is 29.1 Å². The molecule has 0 aliphatic carbocycles. The number of hydrogen-bond acceptors (Lipinski definition) is 2. The Morgan fingerprint density at radius 2 is 1.81 bits per heavy atom. The Hall–Kier alpha value is -1.88. The lowest BCUT2D eigenvalue weighted by Gasteiger charge is -2.08. The summed E-state index contributed by atoms with van der Waals surface area (Å²) in [7, 11) is 0. The van der Waals surface area contributed by atoms with E-state index < -0.39 is 11.7 Å². The van der Waals surface area contributed by atoms with Crippen LogP contribution in [0.5, 0.6) is 0 Å². The lowest BCUT2D eigenvalue weighted by Crippen LogP contribution is -2.07. The van der Waals surface area contributed by atoms with Crippen LogP contribution in [0.4, 0.5) is 13.2 Å². The van der Waals surface area contributed by atoms with Gasteiger partial charge >= 0.3 is 6.18 Å². The Labute approximate surface area is 124 Å². The third-order valence-corrected chi connectivity index (χ3v) is 3.57. The van der Waals surface area contributed by atoms with Crippen LogP contribution in [-0.4, -0.2) is 10.7 Å². The number of hydrogen-bond donors (Lipinski definition) is 0. The van der Waals surface area contributed by atoms with Crippen molar-refractivity contribution in [2.45, 2.75) is 19.1 Å². The van der Waals surface area contributed by atoms with Gasteiger partial charge in [-0.05, 0) is 18.6 Å². The normalized spacial score (nSPS) is 17.6. The maximum absolute atomic E-state index is 12.6. The standard InChI is InChI=1S/C15H10ClF3N2/c1-8-2-4-9(5-3-8)12-14(21-12)13-11(16)6-10(7-20-13)15(17,18)19/h2-7,14H,1H3. The average molecular weight is 311 g/mol. The predicted octanol–water partition coefficient (Wildman–Crippen LogP) is 4.61.